The Bertz CT molecular complexity index is 228. The molecule has 4 heteroatoms. The van der Waals surface area contributed by atoms with E-state index in [0.717, 1.165) is 25.9 Å². The molecule has 0 aliphatic carbocycles. The average molecular weight is 195 g/mol. The minimum Gasteiger partial charge on any atom is -0.343 e. The SMILES string of the molecule is CC(C#N)NCCC(=O)N1CCCC1. The predicted molar refractivity (Wildman–Crippen MR) is 53.5 cm³/mol. The molecular weight excluding hydrogens is 178 g/mol. The molecule has 0 aromatic heterocycles. The van der Waals surface area contributed by atoms with Gasteiger partial charge >= 0.3 is 0 Å². The van der Waals surface area contributed by atoms with Gasteiger partial charge in [0.1, 0.15) is 0 Å². The molecule has 1 aliphatic heterocycles. The zero-order valence-corrected chi connectivity index (χ0v) is 8.62. The monoisotopic (exact) mass is 195 g/mol. The van der Waals surface area contributed by atoms with E-state index in [4.69, 9.17) is 5.26 Å². The molecule has 4 nitrogen and oxygen atoms in total. The summed E-state index contributed by atoms with van der Waals surface area (Å²) in [6, 6.07) is 1.91. The third-order valence-electron chi connectivity index (χ3n) is 2.44. The normalized spacial score (nSPS) is 17.9. The van der Waals surface area contributed by atoms with Gasteiger partial charge in [0.2, 0.25) is 5.91 Å². The van der Waals surface area contributed by atoms with Gasteiger partial charge in [-0.2, -0.15) is 5.26 Å². The van der Waals surface area contributed by atoms with Crippen molar-refractivity contribution in [1.29, 1.82) is 5.26 Å². The number of nitrogens with zero attached hydrogens (tertiary/aromatic N) is 2. The Morgan fingerprint density at radius 2 is 2.21 bits per heavy atom. The van der Waals surface area contributed by atoms with E-state index >= 15 is 0 Å². The van der Waals surface area contributed by atoms with Gasteiger partial charge in [-0.3, -0.25) is 4.79 Å². The third-order valence-corrected chi connectivity index (χ3v) is 2.44. The highest BCUT2D eigenvalue weighted by molar-refractivity contribution is 5.76. The molecule has 0 spiro atoms. The zero-order valence-electron chi connectivity index (χ0n) is 8.62. The van der Waals surface area contributed by atoms with Gasteiger partial charge < -0.3 is 10.2 Å². The molecule has 1 aliphatic rings. The fourth-order valence-corrected chi connectivity index (χ4v) is 1.57. The number of carbonyl (C=O) groups is 1. The molecule has 1 fully saturated rings. The summed E-state index contributed by atoms with van der Waals surface area (Å²) in [5.74, 6) is 0.208. The molecule has 0 bridgehead atoms. The number of amides is 1. The standard InChI is InChI=1S/C10H17N3O/c1-9(8-11)12-5-4-10(14)13-6-2-3-7-13/h9,12H,2-7H2,1H3. The van der Waals surface area contributed by atoms with E-state index in [-0.39, 0.29) is 11.9 Å². The molecule has 1 heterocycles. The van der Waals surface area contributed by atoms with Crippen LogP contribution in [0.15, 0.2) is 0 Å². The van der Waals surface area contributed by atoms with Crippen molar-refractivity contribution in [3.05, 3.63) is 0 Å². The quantitative estimate of drug-likeness (QED) is 0.710. The average Bonchev–Trinajstić information content (AvgIpc) is 2.70. The first-order chi connectivity index (χ1) is 6.74. The van der Waals surface area contributed by atoms with Crippen molar-refractivity contribution in [2.24, 2.45) is 0 Å². The lowest BCUT2D eigenvalue weighted by Crippen LogP contribution is -2.33. The van der Waals surface area contributed by atoms with Crippen LogP contribution in [-0.4, -0.2) is 36.5 Å². The summed E-state index contributed by atoms with van der Waals surface area (Å²) >= 11 is 0. The molecule has 1 rings (SSSR count). The highest BCUT2D eigenvalue weighted by atomic mass is 16.2. The second-order valence-electron chi connectivity index (χ2n) is 3.64. The Morgan fingerprint density at radius 3 is 2.79 bits per heavy atom. The Morgan fingerprint density at radius 1 is 1.57 bits per heavy atom. The van der Waals surface area contributed by atoms with Crippen LogP contribution >= 0.6 is 0 Å². The fourth-order valence-electron chi connectivity index (χ4n) is 1.57. The largest absolute Gasteiger partial charge is 0.343 e. The van der Waals surface area contributed by atoms with Crippen molar-refractivity contribution in [3.8, 4) is 6.07 Å². The highest BCUT2D eigenvalue weighted by Gasteiger charge is 2.16. The molecule has 78 valence electrons. The van der Waals surface area contributed by atoms with Gasteiger partial charge in [-0.05, 0) is 19.8 Å². The number of likely N-dealkylation sites (tertiary alicyclic amines) is 1. The van der Waals surface area contributed by atoms with Gasteiger partial charge in [-0.1, -0.05) is 0 Å². The summed E-state index contributed by atoms with van der Waals surface area (Å²) in [5, 5.41) is 11.5. The van der Waals surface area contributed by atoms with Crippen LogP contribution in [0.25, 0.3) is 0 Å². The third kappa shape index (κ3) is 3.35. The molecular formula is C10H17N3O. The number of hydrogen-bond acceptors (Lipinski definition) is 3. The first-order valence-corrected chi connectivity index (χ1v) is 5.15. The van der Waals surface area contributed by atoms with Gasteiger partial charge in [0.15, 0.2) is 0 Å². The lowest BCUT2D eigenvalue weighted by molar-refractivity contribution is -0.130. The maximum atomic E-state index is 11.5. The van der Waals surface area contributed by atoms with Gasteiger partial charge in [-0.15, -0.1) is 0 Å². The summed E-state index contributed by atoms with van der Waals surface area (Å²) in [4.78, 5) is 13.4. The van der Waals surface area contributed by atoms with Crippen molar-refractivity contribution in [2.45, 2.75) is 32.2 Å². The lowest BCUT2D eigenvalue weighted by atomic mass is 10.3. The molecule has 1 N–H and O–H groups in total. The van der Waals surface area contributed by atoms with Crippen molar-refractivity contribution in [1.82, 2.24) is 10.2 Å². The number of hydrogen-bond donors (Lipinski definition) is 1. The number of rotatable bonds is 4. The van der Waals surface area contributed by atoms with E-state index < -0.39 is 0 Å². The van der Waals surface area contributed by atoms with E-state index in [0.29, 0.717) is 13.0 Å². The van der Waals surface area contributed by atoms with E-state index in [1.807, 2.05) is 4.90 Å². The Kier molecular flexibility index (Phi) is 4.41. The van der Waals surface area contributed by atoms with Crippen LogP contribution in [0.4, 0.5) is 0 Å². The van der Waals surface area contributed by atoms with Crippen LogP contribution in [0.3, 0.4) is 0 Å². The summed E-state index contributed by atoms with van der Waals surface area (Å²) in [6.45, 7) is 4.21. The van der Waals surface area contributed by atoms with Gasteiger partial charge in [-0.25, -0.2) is 0 Å². The van der Waals surface area contributed by atoms with E-state index in [1.165, 1.54) is 0 Å². The van der Waals surface area contributed by atoms with Crippen LogP contribution in [0.5, 0.6) is 0 Å². The van der Waals surface area contributed by atoms with Gasteiger partial charge in [0.05, 0.1) is 12.1 Å². The number of carbonyl (C=O) groups excluding carboxylic acids is 1. The summed E-state index contributed by atoms with van der Waals surface area (Å²) in [7, 11) is 0. The lowest BCUT2D eigenvalue weighted by Gasteiger charge is -2.15. The maximum absolute atomic E-state index is 11.5. The van der Waals surface area contributed by atoms with Crippen molar-refractivity contribution in [3.63, 3.8) is 0 Å². The van der Waals surface area contributed by atoms with Crippen LogP contribution in [0.2, 0.25) is 0 Å². The molecule has 1 atom stereocenters. The Balaban J connectivity index is 2.12. The van der Waals surface area contributed by atoms with Crippen LogP contribution in [-0.2, 0) is 4.79 Å². The van der Waals surface area contributed by atoms with Crippen molar-refractivity contribution < 1.29 is 4.79 Å². The first-order valence-electron chi connectivity index (χ1n) is 5.15. The zero-order chi connectivity index (χ0) is 10.4. The fraction of sp³-hybridized carbons (Fsp3) is 0.800. The molecule has 1 saturated heterocycles. The van der Waals surface area contributed by atoms with Crippen LogP contribution in [0, 0.1) is 11.3 Å². The van der Waals surface area contributed by atoms with E-state index in [1.54, 1.807) is 6.92 Å². The topological polar surface area (TPSA) is 56.1 Å². The summed E-state index contributed by atoms with van der Waals surface area (Å²) in [5.41, 5.74) is 0. The smallest absolute Gasteiger partial charge is 0.223 e. The van der Waals surface area contributed by atoms with E-state index in [9.17, 15) is 4.79 Å². The highest BCUT2D eigenvalue weighted by Crippen LogP contribution is 2.08. The molecule has 0 aromatic carbocycles. The van der Waals surface area contributed by atoms with E-state index in [2.05, 4.69) is 11.4 Å². The maximum Gasteiger partial charge on any atom is 0.223 e. The van der Waals surface area contributed by atoms with Crippen LogP contribution in [0.1, 0.15) is 26.2 Å². The second-order valence-corrected chi connectivity index (χ2v) is 3.64. The molecule has 14 heavy (non-hydrogen) atoms. The first kappa shape index (κ1) is 11.0. The van der Waals surface area contributed by atoms with Gasteiger partial charge in [0.25, 0.3) is 0 Å². The predicted octanol–water partition coefficient (Wildman–Crippen LogP) is 0.501. The molecule has 0 saturated carbocycles. The molecule has 0 radical (unpaired) electrons. The van der Waals surface area contributed by atoms with Crippen molar-refractivity contribution in [2.75, 3.05) is 19.6 Å². The summed E-state index contributed by atoms with van der Waals surface area (Å²) < 4.78 is 0. The molecule has 0 aromatic rings. The number of nitriles is 1. The minimum absolute atomic E-state index is 0.165. The Labute approximate surface area is 84.9 Å². The van der Waals surface area contributed by atoms with Crippen LogP contribution < -0.4 is 5.32 Å². The second kappa shape index (κ2) is 5.61. The number of nitrogens with one attached hydrogen (secondary N) is 1. The van der Waals surface area contributed by atoms with Gasteiger partial charge in [0, 0.05) is 26.1 Å². The molecule has 1 unspecified atom stereocenters. The summed E-state index contributed by atoms with van der Waals surface area (Å²) in [6.07, 6.45) is 2.77. The molecule has 1 amide bonds. The minimum atomic E-state index is -0.165. The van der Waals surface area contributed by atoms with Crippen molar-refractivity contribution >= 4 is 5.91 Å². The Hall–Kier alpha value is -1.08.